The van der Waals surface area contributed by atoms with Gasteiger partial charge < -0.3 is 20.5 Å². The molecule has 0 bridgehead atoms. The Bertz CT molecular complexity index is 501. The summed E-state index contributed by atoms with van der Waals surface area (Å²) in [5, 5.41) is 14.7. The lowest BCUT2D eigenvalue weighted by Crippen LogP contribution is -2.32. The SMILES string of the molecule is CCC(O)CNC(=O)c1ccc2c(c1)OCC(=O)N2. The van der Waals surface area contributed by atoms with Gasteiger partial charge in [0.25, 0.3) is 11.8 Å². The van der Waals surface area contributed by atoms with E-state index in [1.54, 1.807) is 18.2 Å². The summed E-state index contributed by atoms with van der Waals surface area (Å²) in [5.41, 5.74) is 0.986. The number of benzene rings is 1. The van der Waals surface area contributed by atoms with Crippen LogP contribution in [0.25, 0.3) is 0 Å². The number of carbonyl (C=O) groups excluding carboxylic acids is 2. The molecule has 19 heavy (non-hydrogen) atoms. The third kappa shape index (κ3) is 3.23. The van der Waals surface area contributed by atoms with Crippen molar-refractivity contribution in [3.05, 3.63) is 23.8 Å². The molecule has 1 aromatic rings. The van der Waals surface area contributed by atoms with Crippen LogP contribution in [0.5, 0.6) is 5.75 Å². The van der Waals surface area contributed by atoms with Crippen LogP contribution in [0, 0.1) is 0 Å². The van der Waals surface area contributed by atoms with Gasteiger partial charge in [-0.15, -0.1) is 0 Å². The van der Waals surface area contributed by atoms with Gasteiger partial charge in [-0.1, -0.05) is 6.92 Å². The zero-order valence-corrected chi connectivity index (χ0v) is 10.6. The molecule has 0 aliphatic carbocycles. The van der Waals surface area contributed by atoms with Gasteiger partial charge in [0.15, 0.2) is 6.61 Å². The first kappa shape index (κ1) is 13.4. The van der Waals surface area contributed by atoms with E-state index in [9.17, 15) is 14.7 Å². The van der Waals surface area contributed by atoms with E-state index in [1.165, 1.54) is 0 Å². The lowest BCUT2D eigenvalue weighted by molar-refractivity contribution is -0.118. The zero-order chi connectivity index (χ0) is 13.8. The fraction of sp³-hybridized carbons (Fsp3) is 0.385. The Morgan fingerprint density at radius 2 is 2.37 bits per heavy atom. The van der Waals surface area contributed by atoms with Crippen LogP contribution in [0.2, 0.25) is 0 Å². The van der Waals surface area contributed by atoms with Crippen LogP contribution in [-0.2, 0) is 4.79 Å². The molecule has 0 radical (unpaired) electrons. The largest absolute Gasteiger partial charge is 0.482 e. The van der Waals surface area contributed by atoms with E-state index in [4.69, 9.17) is 4.74 Å². The molecule has 102 valence electrons. The van der Waals surface area contributed by atoms with Gasteiger partial charge in [0.2, 0.25) is 0 Å². The monoisotopic (exact) mass is 264 g/mol. The first-order chi connectivity index (χ1) is 9.10. The number of carbonyl (C=O) groups is 2. The molecule has 3 N–H and O–H groups in total. The van der Waals surface area contributed by atoms with Gasteiger partial charge in [0, 0.05) is 12.1 Å². The van der Waals surface area contributed by atoms with Crippen molar-refractivity contribution < 1.29 is 19.4 Å². The van der Waals surface area contributed by atoms with E-state index in [-0.39, 0.29) is 25.0 Å². The molecule has 1 unspecified atom stereocenters. The Hall–Kier alpha value is -2.08. The summed E-state index contributed by atoms with van der Waals surface area (Å²) in [6, 6.07) is 4.79. The standard InChI is InChI=1S/C13H16N2O4/c1-2-9(16)6-14-13(18)8-3-4-10-11(5-8)19-7-12(17)15-10/h3-5,9,16H,2,6-7H2,1H3,(H,14,18)(H,15,17). The molecule has 0 saturated heterocycles. The molecule has 2 rings (SSSR count). The Morgan fingerprint density at radius 1 is 1.58 bits per heavy atom. The minimum atomic E-state index is -0.544. The van der Waals surface area contributed by atoms with Crippen molar-refractivity contribution in [2.75, 3.05) is 18.5 Å². The van der Waals surface area contributed by atoms with Crippen LogP contribution in [0.1, 0.15) is 23.7 Å². The molecule has 2 amide bonds. The van der Waals surface area contributed by atoms with Crippen molar-refractivity contribution in [3.63, 3.8) is 0 Å². The second-order valence-electron chi connectivity index (χ2n) is 4.32. The Balaban J connectivity index is 2.05. The highest BCUT2D eigenvalue weighted by atomic mass is 16.5. The van der Waals surface area contributed by atoms with Gasteiger partial charge in [-0.25, -0.2) is 0 Å². The summed E-state index contributed by atoms with van der Waals surface area (Å²) in [4.78, 5) is 23.0. The number of amides is 2. The molecule has 1 heterocycles. The first-order valence-electron chi connectivity index (χ1n) is 6.13. The molecule has 1 aromatic carbocycles. The van der Waals surface area contributed by atoms with Crippen molar-refractivity contribution in [3.8, 4) is 5.75 Å². The maximum Gasteiger partial charge on any atom is 0.262 e. The summed E-state index contributed by atoms with van der Waals surface area (Å²) in [6.07, 6.45) is 0.0386. The van der Waals surface area contributed by atoms with Gasteiger partial charge in [-0.3, -0.25) is 9.59 Å². The fourth-order valence-corrected chi connectivity index (χ4v) is 1.67. The molecule has 1 atom stereocenters. The molecule has 6 heteroatoms. The third-order valence-corrected chi connectivity index (χ3v) is 2.85. The Kier molecular flexibility index (Phi) is 4.01. The normalized spacial score (nSPS) is 14.9. The minimum absolute atomic E-state index is 0.0490. The molecule has 0 aromatic heterocycles. The third-order valence-electron chi connectivity index (χ3n) is 2.85. The molecule has 0 saturated carbocycles. The fourth-order valence-electron chi connectivity index (χ4n) is 1.67. The average Bonchev–Trinajstić information content (AvgIpc) is 2.43. The van der Waals surface area contributed by atoms with Gasteiger partial charge in [0.1, 0.15) is 5.75 Å². The van der Waals surface area contributed by atoms with E-state index in [2.05, 4.69) is 10.6 Å². The minimum Gasteiger partial charge on any atom is -0.482 e. The van der Waals surface area contributed by atoms with Gasteiger partial charge in [0.05, 0.1) is 11.8 Å². The number of anilines is 1. The highest BCUT2D eigenvalue weighted by molar-refractivity contribution is 5.98. The Labute approximate surface area is 110 Å². The highest BCUT2D eigenvalue weighted by Gasteiger charge is 2.17. The number of aliphatic hydroxyl groups excluding tert-OH is 1. The second-order valence-corrected chi connectivity index (χ2v) is 4.32. The lowest BCUT2D eigenvalue weighted by Gasteiger charge is -2.18. The summed E-state index contributed by atoms with van der Waals surface area (Å²) < 4.78 is 5.23. The number of rotatable bonds is 4. The van der Waals surface area contributed by atoms with Crippen molar-refractivity contribution in [2.24, 2.45) is 0 Å². The molecule has 6 nitrogen and oxygen atoms in total. The molecule has 1 aliphatic heterocycles. The smallest absolute Gasteiger partial charge is 0.262 e. The van der Waals surface area contributed by atoms with Crippen LogP contribution in [0.4, 0.5) is 5.69 Å². The second kappa shape index (κ2) is 5.71. The van der Waals surface area contributed by atoms with E-state index in [0.29, 0.717) is 23.4 Å². The van der Waals surface area contributed by atoms with E-state index in [1.807, 2.05) is 6.92 Å². The number of hydrogen-bond donors (Lipinski definition) is 3. The van der Waals surface area contributed by atoms with Gasteiger partial charge in [-0.05, 0) is 24.6 Å². The van der Waals surface area contributed by atoms with Gasteiger partial charge in [-0.2, -0.15) is 0 Å². The molecule has 0 spiro atoms. The maximum atomic E-state index is 11.9. The van der Waals surface area contributed by atoms with Crippen molar-refractivity contribution in [1.82, 2.24) is 5.32 Å². The highest BCUT2D eigenvalue weighted by Crippen LogP contribution is 2.28. The van der Waals surface area contributed by atoms with E-state index in [0.717, 1.165) is 0 Å². The van der Waals surface area contributed by atoms with Crippen LogP contribution in [0.3, 0.4) is 0 Å². The van der Waals surface area contributed by atoms with Crippen LogP contribution >= 0.6 is 0 Å². The number of hydrogen-bond acceptors (Lipinski definition) is 4. The number of nitrogens with one attached hydrogen (secondary N) is 2. The number of ether oxygens (including phenoxy) is 1. The molecule has 0 fully saturated rings. The summed E-state index contributed by atoms with van der Waals surface area (Å²) >= 11 is 0. The average molecular weight is 264 g/mol. The summed E-state index contributed by atoms with van der Waals surface area (Å²) in [7, 11) is 0. The van der Waals surface area contributed by atoms with Crippen LogP contribution < -0.4 is 15.4 Å². The van der Waals surface area contributed by atoms with E-state index >= 15 is 0 Å². The zero-order valence-electron chi connectivity index (χ0n) is 10.6. The maximum absolute atomic E-state index is 11.9. The first-order valence-corrected chi connectivity index (χ1v) is 6.13. The van der Waals surface area contributed by atoms with E-state index < -0.39 is 6.10 Å². The quantitative estimate of drug-likeness (QED) is 0.739. The predicted octanol–water partition coefficient (Wildman–Crippen LogP) is 0.518. The van der Waals surface area contributed by atoms with Gasteiger partial charge >= 0.3 is 0 Å². The predicted molar refractivity (Wildman–Crippen MR) is 69.2 cm³/mol. The van der Waals surface area contributed by atoms with Crippen LogP contribution in [-0.4, -0.2) is 36.2 Å². The number of fused-ring (bicyclic) bond motifs is 1. The molecule has 1 aliphatic rings. The Morgan fingerprint density at radius 3 is 3.11 bits per heavy atom. The summed E-state index contributed by atoms with van der Waals surface area (Å²) in [6.45, 7) is 2.00. The molecular weight excluding hydrogens is 248 g/mol. The lowest BCUT2D eigenvalue weighted by atomic mass is 10.1. The number of aliphatic hydroxyl groups is 1. The van der Waals surface area contributed by atoms with Crippen LogP contribution in [0.15, 0.2) is 18.2 Å². The van der Waals surface area contributed by atoms with Crippen molar-refractivity contribution in [1.29, 1.82) is 0 Å². The molecular formula is C13H16N2O4. The topological polar surface area (TPSA) is 87.7 Å². The van der Waals surface area contributed by atoms with Crippen molar-refractivity contribution in [2.45, 2.75) is 19.4 Å². The summed E-state index contributed by atoms with van der Waals surface area (Å²) in [5.74, 6) is -0.0186. The van der Waals surface area contributed by atoms with Crippen molar-refractivity contribution >= 4 is 17.5 Å².